The van der Waals surface area contributed by atoms with Crippen LogP contribution in [0.5, 0.6) is 0 Å². The molecule has 2 rings (SSSR count). The van der Waals surface area contributed by atoms with E-state index in [0.29, 0.717) is 17.9 Å². The smallest absolute Gasteiger partial charge is 0.436 e. The molecule has 5 nitrogen and oxygen atoms in total. The van der Waals surface area contributed by atoms with Gasteiger partial charge in [0.1, 0.15) is 5.82 Å². The number of ether oxygens (including phenoxy) is 1. The molecule has 0 saturated heterocycles. The van der Waals surface area contributed by atoms with Crippen LogP contribution >= 0.6 is 0 Å². The summed E-state index contributed by atoms with van der Waals surface area (Å²) in [5.74, 6) is 0.309. The maximum absolute atomic E-state index is 11.4. The summed E-state index contributed by atoms with van der Waals surface area (Å²) >= 11 is 0. The van der Waals surface area contributed by atoms with Crippen molar-refractivity contribution in [3.8, 4) is 0 Å². The maximum Gasteiger partial charge on any atom is 0.436 e. The minimum absolute atomic E-state index is 0.300. The van der Waals surface area contributed by atoms with Crippen LogP contribution in [-0.2, 0) is 4.74 Å². The first-order valence-corrected chi connectivity index (χ1v) is 4.64. The topological polar surface area (TPSA) is 70.1 Å². The zero-order chi connectivity index (χ0) is 10.8. The van der Waals surface area contributed by atoms with Crippen molar-refractivity contribution in [3.05, 3.63) is 24.3 Å². The van der Waals surface area contributed by atoms with Crippen LogP contribution in [0.3, 0.4) is 0 Å². The van der Waals surface area contributed by atoms with Gasteiger partial charge in [0.2, 0.25) is 0 Å². The van der Waals surface area contributed by atoms with Gasteiger partial charge in [-0.05, 0) is 19.1 Å². The fourth-order valence-electron chi connectivity index (χ4n) is 1.38. The van der Waals surface area contributed by atoms with E-state index >= 15 is 0 Å². The molecule has 15 heavy (non-hydrogen) atoms. The van der Waals surface area contributed by atoms with Gasteiger partial charge in [-0.25, -0.2) is 4.79 Å². The molecule has 0 aliphatic heterocycles. The van der Waals surface area contributed by atoms with E-state index in [1.54, 1.807) is 13.0 Å². The van der Waals surface area contributed by atoms with E-state index in [-0.39, 0.29) is 0 Å². The normalized spacial score (nSPS) is 10.5. The largest absolute Gasteiger partial charge is 0.448 e. The zero-order valence-electron chi connectivity index (χ0n) is 8.30. The highest BCUT2D eigenvalue weighted by atomic mass is 16.6. The Labute approximate surface area is 86.4 Å². The standard InChI is InChI=1S/C10H11N3O2/c1-2-15-10(14)13-9(11)7-5-3-4-6-8(7)12-13/h3-6H,2,11H2,1H3. The van der Waals surface area contributed by atoms with Crippen molar-refractivity contribution in [1.82, 2.24) is 9.78 Å². The Morgan fingerprint density at radius 2 is 2.27 bits per heavy atom. The molecule has 78 valence electrons. The van der Waals surface area contributed by atoms with Crippen LogP contribution in [-0.4, -0.2) is 22.5 Å². The van der Waals surface area contributed by atoms with E-state index in [1.807, 2.05) is 18.2 Å². The quantitative estimate of drug-likeness (QED) is 0.768. The Kier molecular flexibility index (Phi) is 2.29. The second-order valence-corrected chi connectivity index (χ2v) is 3.01. The first-order valence-electron chi connectivity index (χ1n) is 4.64. The molecule has 0 amide bonds. The summed E-state index contributed by atoms with van der Waals surface area (Å²) < 4.78 is 5.90. The predicted molar refractivity (Wildman–Crippen MR) is 56.6 cm³/mol. The lowest BCUT2D eigenvalue weighted by atomic mass is 10.2. The summed E-state index contributed by atoms with van der Waals surface area (Å²) in [6, 6.07) is 7.29. The Balaban J connectivity index is 2.53. The van der Waals surface area contributed by atoms with E-state index in [2.05, 4.69) is 5.10 Å². The maximum atomic E-state index is 11.4. The summed E-state index contributed by atoms with van der Waals surface area (Å²) in [5.41, 5.74) is 6.45. The van der Waals surface area contributed by atoms with E-state index in [4.69, 9.17) is 10.5 Å². The number of fused-ring (bicyclic) bond motifs is 1. The average molecular weight is 205 g/mol. The highest BCUT2D eigenvalue weighted by molar-refractivity contribution is 5.93. The van der Waals surface area contributed by atoms with Crippen LogP contribution in [0, 0.1) is 0 Å². The molecule has 0 spiro atoms. The van der Waals surface area contributed by atoms with Gasteiger partial charge in [-0.3, -0.25) is 0 Å². The third-order valence-electron chi connectivity index (χ3n) is 2.06. The van der Waals surface area contributed by atoms with Crippen LogP contribution in [0.4, 0.5) is 10.6 Å². The molecule has 0 unspecified atom stereocenters. The molecule has 0 bridgehead atoms. The minimum atomic E-state index is -0.550. The van der Waals surface area contributed by atoms with Gasteiger partial charge in [0.25, 0.3) is 0 Å². The number of anilines is 1. The molecule has 0 radical (unpaired) electrons. The monoisotopic (exact) mass is 205 g/mol. The van der Waals surface area contributed by atoms with Crippen molar-refractivity contribution in [2.75, 3.05) is 12.3 Å². The van der Waals surface area contributed by atoms with Crippen LogP contribution in [0.1, 0.15) is 6.92 Å². The summed E-state index contributed by atoms with van der Waals surface area (Å²) in [4.78, 5) is 11.4. The summed E-state index contributed by atoms with van der Waals surface area (Å²) in [6.07, 6.45) is -0.550. The molecule has 1 heterocycles. The van der Waals surface area contributed by atoms with Gasteiger partial charge in [-0.2, -0.15) is 5.10 Å². The lowest BCUT2D eigenvalue weighted by Crippen LogP contribution is -2.17. The van der Waals surface area contributed by atoms with Gasteiger partial charge >= 0.3 is 6.09 Å². The summed E-state index contributed by atoms with van der Waals surface area (Å²) in [6.45, 7) is 2.03. The van der Waals surface area contributed by atoms with E-state index in [1.165, 1.54) is 0 Å². The number of nitrogens with zero attached hydrogens (tertiary/aromatic N) is 2. The number of nitrogen functional groups attached to an aromatic ring is 1. The molecule has 2 aromatic rings. The number of hydrogen-bond donors (Lipinski definition) is 1. The first-order chi connectivity index (χ1) is 7.24. The van der Waals surface area contributed by atoms with E-state index < -0.39 is 6.09 Å². The molecular weight excluding hydrogens is 194 g/mol. The molecule has 1 aromatic carbocycles. The number of aromatic nitrogens is 2. The van der Waals surface area contributed by atoms with Crippen molar-refractivity contribution < 1.29 is 9.53 Å². The van der Waals surface area contributed by atoms with Crippen molar-refractivity contribution >= 4 is 22.8 Å². The van der Waals surface area contributed by atoms with Crippen LogP contribution in [0.2, 0.25) is 0 Å². The predicted octanol–water partition coefficient (Wildman–Crippen LogP) is 1.62. The fourth-order valence-corrected chi connectivity index (χ4v) is 1.38. The molecular formula is C10H11N3O2. The zero-order valence-corrected chi connectivity index (χ0v) is 8.30. The van der Waals surface area contributed by atoms with Crippen LogP contribution in [0.25, 0.3) is 10.9 Å². The number of carbonyl (C=O) groups excluding carboxylic acids is 1. The first kappa shape index (κ1) is 9.51. The lowest BCUT2D eigenvalue weighted by Gasteiger charge is -2.01. The van der Waals surface area contributed by atoms with E-state index in [9.17, 15) is 4.79 Å². The lowest BCUT2D eigenvalue weighted by molar-refractivity contribution is 0.151. The third kappa shape index (κ3) is 1.52. The highest BCUT2D eigenvalue weighted by Crippen LogP contribution is 2.19. The van der Waals surface area contributed by atoms with Crippen molar-refractivity contribution in [1.29, 1.82) is 0 Å². The van der Waals surface area contributed by atoms with Crippen molar-refractivity contribution in [2.24, 2.45) is 0 Å². The van der Waals surface area contributed by atoms with Crippen molar-refractivity contribution in [3.63, 3.8) is 0 Å². The van der Waals surface area contributed by atoms with Gasteiger partial charge in [0.15, 0.2) is 0 Å². The highest BCUT2D eigenvalue weighted by Gasteiger charge is 2.14. The summed E-state index contributed by atoms with van der Waals surface area (Å²) in [5, 5.41) is 4.80. The summed E-state index contributed by atoms with van der Waals surface area (Å²) in [7, 11) is 0. The Morgan fingerprint density at radius 1 is 1.53 bits per heavy atom. The SMILES string of the molecule is CCOC(=O)n1nc2ccccc2c1N. The van der Waals surface area contributed by atoms with Gasteiger partial charge in [-0.15, -0.1) is 4.68 Å². The second-order valence-electron chi connectivity index (χ2n) is 3.01. The van der Waals surface area contributed by atoms with Gasteiger partial charge in [0.05, 0.1) is 12.1 Å². The molecule has 0 saturated carbocycles. The average Bonchev–Trinajstić information content (AvgIpc) is 2.57. The molecule has 0 aliphatic rings. The molecule has 2 N–H and O–H groups in total. The van der Waals surface area contributed by atoms with Crippen LogP contribution < -0.4 is 5.73 Å². The molecule has 5 heteroatoms. The number of benzene rings is 1. The number of carbonyl (C=O) groups is 1. The van der Waals surface area contributed by atoms with Crippen molar-refractivity contribution in [2.45, 2.75) is 6.92 Å². The van der Waals surface area contributed by atoms with Crippen LogP contribution in [0.15, 0.2) is 24.3 Å². The van der Waals surface area contributed by atoms with Gasteiger partial charge in [0, 0.05) is 5.39 Å². The molecule has 1 aromatic heterocycles. The van der Waals surface area contributed by atoms with E-state index in [0.717, 1.165) is 10.1 Å². The Hall–Kier alpha value is -2.04. The molecule has 0 fully saturated rings. The molecule has 0 atom stereocenters. The second kappa shape index (κ2) is 3.61. The number of hydrogen-bond acceptors (Lipinski definition) is 4. The van der Waals surface area contributed by atoms with Gasteiger partial charge < -0.3 is 10.5 Å². The Morgan fingerprint density at radius 3 is 2.93 bits per heavy atom. The molecule has 0 aliphatic carbocycles. The third-order valence-corrected chi connectivity index (χ3v) is 2.06. The van der Waals surface area contributed by atoms with Gasteiger partial charge in [-0.1, -0.05) is 12.1 Å². The number of nitrogens with two attached hydrogens (primary N) is 1. The fraction of sp³-hybridized carbons (Fsp3) is 0.200. The number of rotatable bonds is 1. The minimum Gasteiger partial charge on any atom is -0.448 e. The Bertz CT molecular complexity index is 504.